The van der Waals surface area contributed by atoms with E-state index in [1.807, 2.05) is 20.8 Å². The van der Waals surface area contributed by atoms with Crippen LogP contribution in [0, 0.1) is 10.1 Å². The SMILES string of the molecule is CCCN(C(=O)c1cc(Cl)ncc1[N+](=O)[O-])C(C)C. The third kappa shape index (κ3) is 3.64. The Hall–Kier alpha value is -1.69. The third-order valence-corrected chi connectivity index (χ3v) is 2.83. The Kier molecular flexibility index (Phi) is 5.23. The van der Waals surface area contributed by atoms with E-state index >= 15 is 0 Å². The molecular weight excluding hydrogens is 270 g/mol. The van der Waals surface area contributed by atoms with Crippen molar-refractivity contribution in [3.8, 4) is 0 Å². The molecule has 6 nitrogen and oxygen atoms in total. The minimum atomic E-state index is -0.624. The Morgan fingerprint density at radius 1 is 1.58 bits per heavy atom. The van der Waals surface area contributed by atoms with Gasteiger partial charge in [-0.2, -0.15) is 0 Å². The second kappa shape index (κ2) is 6.47. The van der Waals surface area contributed by atoms with Gasteiger partial charge in [0.25, 0.3) is 11.6 Å². The number of halogens is 1. The van der Waals surface area contributed by atoms with Crippen LogP contribution >= 0.6 is 11.6 Å². The third-order valence-electron chi connectivity index (χ3n) is 2.63. The molecule has 0 aromatic carbocycles. The van der Waals surface area contributed by atoms with E-state index in [0.29, 0.717) is 6.54 Å². The van der Waals surface area contributed by atoms with Crippen molar-refractivity contribution in [3.05, 3.63) is 33.1 Å². The number of pyridine rings is 1. The fourth-order valence-electron chi connectivity index (χ4n) is 1.73. The minimum absolute atomic E-state index is 0.0212. The molecule has 1 heterocycles. The Bertz CT molecular complexity index is 491. The first-order valence-electron chi connectivity index (χ1n) is 5.99. The van der Waals surface area contributed by atoms with E-state index in [9.17, 15) is 14.9 Å². The van der Waals surface area contributed by atoms with Gasteiger partial charge in [0.2, 0.25) is 0 Å². The summed E-state index contributed by atoms with van der Waals surface area (Å²) in [6.07, 6.45) is 1.79. The molecule has 104 valence electrons. The zero-order valence-corrected chi connectivity index (χ0v) is 11.8. The average molecular weight is 286 g/mol. The number of amides is 1. The van der Waals surface area contributed by atoms with Crippen LogP contribution in [-0.4, -0.2) is 33.3 Å². The summed E-state index contributed by atoms with van der Waals surface area (Å²) in [4.78, 5) is 27.9. The largest absolute Gasteiger partial charge is 0.336 e. The fraction of sp³-hybridized carbons (Fsp3) is 0.500. The van der Waals surface area contributed by atoms with Crippen molar-refractivity contribution in [2.24, 2.45) is 0 Å². The predicted molar refractivity (Wildman–Crippen MR) is 72.4 cm³/mol. The van der Waals surface area contributed by atoms with E-state index in [-0.39, 0.29) is 22.4 Å². The van der Waals surface area contributed by atoms with Crippen molar-refractivity contribution >= 4 is 23.2 Å². The molecule has 0 fully saturated rings. The first-order valence-corrected chi connectivity index (χ1v) is 6.37. The van der Waals surface area contributed by atoms with Crippen LogP contribution in [0.25, 0.3) is 0 Å². The molecule has 0 aliphatic heterocycles. The summed E-state index contributed by atoms with van der Waals surface area (Å²) >= 11 is 5.72. The van der Waals surface area contributed by atoms with Crippen LogP contribution in [0.1, 0.15) is 37.6 Å². The summed E-state index contributed by atoms with van der Waals surface area (Å²) in [7, 11) is 0. The number of carbonyl (C=O) groups excluding carboxylic acids is 1. The first kappa shape index (κ1) is 15.4. The average Bonchev–Trinajstić information content (AvgIpc) is 2.34. The normalized spacial score (nSPS) is 10.6. The van der Waals surface area contributed by atoms with Crippen molar-refractivity contribution in [3.63, 3.8) is 0 Å². The standard InChI is InChI=1S/C12H16ClN3O3/c1-4-5-15(8(2)3)12(17)9-6-11(13)14-7-10(9)16(18)19/h6-8H,4-5H2,1-3H3. The lowest BCUT2D eigenvalue weighted by Gasteiger charge is -2.26. The highest BCUT2D eigenvalue weighted by molar-refractivity contribution is 6.29. The van der Waals surface area contributed by atoms with Crippen LogP contribution in [0.5, 0.6) is 0 Å². The second-order valence-corrected chi connectivity index (χ2v) is 4.76. The Morgan fingerprint density at radius 2 is 2.21 bits per heavy atom. The molecule has 0 saturated carbocycles. The fourth-order valence-corrected chi connectivity index (χ4v) is 1.89. The van der Waals surface area contributed by atoms with Gasteiger partial charge in [-0.3, -0.25) is 14.9 Å². The topological polar surface area (TPSA) is 76.3 Å². The van der Waals surface area contributed by atoms with E-state index in [2.05, 4.69) is 4.98 Å². The number of nitro groups is 1. The number of nitrogens with zero attached hydrogens (tertiary/aromatic N) is 3. The molecule has 0 spiro atoms. The van der Waals surface area contributed by atoms with Crippen molar-refractivity contribution in [2.75, 3.05) is 6.54 Å². The Labute approximate surface area is 116 Å². The molecule has 0 aliphatic carbocycles. The Morgan fingerprint density at radius 3 is 2.68 bits per heavy atom. The molecule has 0 saturated heterocycles. The molecule has 1 rings (SSSR count). The van der Waals surface area contributed by atoms with Gasteiger partial charge in [-0.25, -0.2) is 4.98 Å². The first-order chi connectivity index (χ1) is 8.88. The molecule has 19 heavy (non-hydrogen) atoms. The van der Waals surface area contributed by atoms with Crippen molar-refractivity contribution in [1.82, 2.24) is 9.88 Å². The molecule has 1 aromatic rings. The van der Waals surface area contributed by atoms with E-state index in [4.69, 9.17) is 11.6 Å². The van der Waals surface area contributed by atoms with E-state index in [1.165, 1.54) is 6.07 Å². The van der Waals surface area contributed by atoms with Gasteiger partial charge in [-0.1, -0.05) is 18.5 Å². The summed E-state index contributed by atoms with van der Waals surface area (Å²) < 4.78 is 0. The van der Waals surface area contributed by atoms with Crippen molar-refractivity contribution < 1.29 is 9.72 Å². The molecule has 1 amide bonds. The second-order valence-electron chi connectivity index (χ2n) is 4.37. The Balaban J connectivity index is 3.23. The molecular formula is C12H16ClN3O3. The number of rotatable bonds is 5. The highest BCUT2D eigenvalue weighted by Gasteiger charge is 2.26. The number of hydrogen-bond acceptors (Lipinski definition) is 4. The molecule has 0 N–H and O–H groups in total. The predicted octanol–water partition coefficient (Wildman–Crippen LogP) is 2.90. The van der Waals surface area contributed by atoms with E-state index < -0.39 is 10.8 Å². The van der Waals surface area contributed by atoms with E-state index in [0.717, 1.165) is 12.6 Å². The lowest BCUT2D eigenvalue weighted by atomic mass is 10.1. The van der Waals surface area contributed by atoms with Crippen LogP contribution in [0.2, 0.25) is 5.15 Å². The minimum Gasteiger partial charge on any atom is -0.336 e. The van der Waals surface area contributed by atoms with Crippen LogP contribution in [0.4, 0.5) is 5.69 Å². The summed E-state index contributed by atoms with van der Waals surface area (Å²) in [5.74, 6) is -0.396. The van der Waals surface area contributed by atoms with E-state index in [1.54, 1.807) is 4.90 Å². The van der Waals surface area contributed by atoms with Gasteiger partial charge in [0.05, 0.1) is 4.92 Å². The summed E-state index contributed by atoms with van der Waals surface area (Å²) in [6, 6.07) is 1.20. The zero-order valence-electron chi connectivity index (χ0n) is 11.1. The lowest BCUT2D eigenvalue weighted by molar-refractivity contribution is -0.385. The molecule has 1 aromatic heterocycles. The summed E-state index contributed by atoms with van der Waals surface area (Å²) in [5.41, 5.74) is -0.344. The van der Waals surface area contributed by atoms with Gasteiger partial charge < -0.3 is 4.90 Å². The van der Waals surface area contributed by atoms with Crippen LogP contribution in [0.3, 0.4) is 0 Å². The van der Waals surface area contributed by atoms with Gasteiger partial charge in [0.1, 0.15) is 16.9 Å². The molecule has 0 radical (unpaired) electrons. The van der Waals surface area contributed by atoms with Crippen LogP contribution in [0.15, 0.2) is 12.3 Å². The van der Waals surface area contributed by atoms with Crippen molar-refractivity contribution in [1.29, 1.82) is 0 Å². The maximum absolute atomic E-state index is 12.4. The maximum Gasteiger partial charge on any atom is 0.300 e. The monoisotopic (exact) mass is 285 g/mol. The molecule has 0 bridgehead atoms. The van der Waals surface area contributed by atoms with Gasteiger partial charge in [0, 0.05) is 12.6 Å². The number of aromatic nitrogens is 1. The highest BCUT2D eigenvalue weighted by Crippen LogP contribution is 2.23. The van der Waals surface area contributed by atoms with Crippen LogP contribution < -0.4 is 0 Å². The van der Waals surface area contributed by atoms with Crippen LogP contribution in [-0.2, 0) is 0 Å². The summed E-state index contributed by atoms with van der Waals surface area (Å²) in [6.45, 7) is 6.20. The molecule has 7 heteroatoms. The highest BCUT2D eigenvalue weighted by atomic mass is 35.5. The quantitative estimate of drug-likeness (QED) is 0.473. The number of carbonyl (C=O) groups is 1. The summed E-state index contributed by atoms with van der Waals surface area (Å²) in [5, 5.41) is 11.0. The van der Waals surface area contributed by atoms with Gasteiger partial charge >= 0.3 is 0 Å². The molecule has 0 atom stereocenters. The maximum atomic E-state index is 12.4. The molecule has 0 unspecified atom stereocenters. The number of hydrogen-bond donors (Lipinski definition) is 0. The van der Waals surface area contributed by atoms with Gasteiger partial charge in [-0.15, -0.1) is 0 Å². The zero-order chi connectivity index (χ0) is 14.6. The lowest BCUT2D eigenvalue weighted by Crippen LogP contribution is -2.37. The molecule has 0 aliphatic rings. The van der Waals surface area contributed by atoms with Gasteiger partial charge in [0.15, 0.2) is 0 Å². The smallest absolute Gasteiger partial charge is 0.300 e. The van der Waals surface area contributed by atoms with Gasteiger partial charge in [-0.05, 0) is 26.3 Å². The van der Waals surface area contributed by atoms with Crippen molar-refractivity contribution in [2.45, 2.75) is 33.2 Å².